The van der Waals surface area contributed by atoms with Crippen molar-refractivity contribution < 1.29 is 8.42 Å². The summed E-state index contributed by atoms with van der Waals surface area (Å²) in [7, 11) is -2.24. The summed E-state index contributed by atoms with van der Waals surface area (Å²) < 4.78 is 24.8. The molecule has 3 N–H and O–H groups in total. The molecule has 0 fully saturated rings. The highest BCUT2D eigenvalue weighted by molar-refractivity contribution is 7.89. The first kappa shape index (κ1) is 10.5. The Morgan fingerprint density at radius 1 is 1.50 bits per heavy atom. The molecule has 74 valence electrons. The molecule has 0 aromatic heterocycles. The molecule has 1 aromatic rings. The second kappa shape index (κ2) is 3.65. The number of sulfonamides is 1. The molecule has 0 atom stereocenters. The van der Waals surface area contributed by atoms with Crippen molar-refractivity contribution in [3.05, 3.63) is 23.8 Å². The van der Waals surface area contributed by atoms with E-state index < -0.39 is 10.0 Å². The third-order valence-corrected chi connectivity index (χ3v) is 3.19. The van der Waals surface area contributed by atoms with Gasteiger partial charge in [-0.3, -0.25) is 0 Å². The Bertz CT molecular complexity index is 488. The molecule has 1 rings (SSSR count). The molecule has 0 bridgehead atoms. The van der Waals surface area contributed by atoms with E-state index in [1.54, 1.807) is 0 Å². The number of rotatable bonds is 2. The Hall–Kier alpha value is -1.58. The third-order valence-electron chi connectivity index (χ3n) is 1.70. The average Bonchev–Trinajstić information content (AvgIpc) is 2.17. The summed E-state index contributed by atoms with van der Waals surface area (Å²) >= 11 is 0. The van der Waals surface area contributed by atoms with Crippen molar-refractivity contribution in [2.24, 2.45) is 0 Å². The largest absolute Gasteiger partial charge is 0.398 e. The molecule has 0 spiro atoms. The lowest BCUT2D eigenvalue weighted by Gasteiger charge is -2.05. The number of anilines is 1. The van der Waals surface area contributed by atoms with Gasteiger partial charge in [0.1, 0.15) is 4.90 Å². The highest BCUT2D eigenvalue weighted by atomic mass is 32.2. The van der Waals surface area contributed by atoms with Crippen LogP contribution in [0.3, 0.4) is 0 Å². The van der Waals surface area contributed by atoms with Crippen molar-refractivity contribution in [2.75, 3.05) is 12.8 Å². The second-order valence-electron chi connectivity index (χ2n) is 2.57. The summed E-state index contributed by atoms with van der Waals surface area (Å²) in [4.78, 5) is -0.0148. The van der Waals surface area contributed by atoms with Crippen molar-refractivity contribution in [2.45, 2.75) is 4.90 Å². The zero-order chi connectivity index (χ0) is 10.8. The first-order valence-electron chi connectivity index (χ1n) is 3.74. The lowest BCUT2D eigenvalue weighted by atomic mass is 10.2. The third kappa shape index (κ3) is 1.84. The summed E-state index contributed by atoms with van der Waals surface area (Å²) in [5.74, 6) is 0. The maximum Gasteiger partial charge on any atom is 0.242 e. The Morgan fingerprint density at radius 3 is 2.57 bits per heavy atom. The van der Waals surface area contributed by atoms with Crippen LogP contribution in [0, 0.1) is 11.3 Å². The van der Waals surface area contributed by atoms with Gasteiger partial charge in [0.05, 0.1) is 17.3 Å². The number of benzene rings is 1. The number of hydrogen-bond donors (Lipinski definition) is 2. The topological polar surface area (TPSA) is 96.0 Å². The summed E-state index contributed by atoms with van der Waals surface area (Å²) in [5, 5.41) is 8.54. The van der Waals surface area contributed by atoms with Gasteiger partial charge in [0.2, 0.25) is 10.0 Å². The molecular weight excluding hydrogens is 202 g/mol. The van der Waals surface area contributed by atoms with Gasteiger partial charge in [-0.25, -0.2) is 13.1 Å². The van der Waals surface area contributed by atoms with E-state index in [2.05, 4.69) is 4.72 Å². The van der Waals surface area contributed by atoms with E-state index >= 15 is 0 Å². The molecule has 0 aliphatic heterocycles. The predicted octanol–water partition coefficient (Wildman–Crippen LogP) is 0.0486. The highest BCUT2D eigenvalue weighted by Gasteiger charge is 2.14. The van der Waals surface area contributed by atoms with Crippen LogP contribution in [0.25, 0.3) is 0 Å². The standard InChI is InChI=1S/C8H9N3O2S/c1-11-14(12,13)8-3-2-6(5-9)4-7(8)10/h2-4,11H,10H2,1H3. The first-order chi connectivity index (χ1) is 6.51. The molecule has 14 heavy (non-hydrogen) atoms. The normalized spacial score (nSPS) is 10.9. The van der Waals surface area contributed by atoms with Gasteiger partial charge in [-0.05, 0) is 25.2 Å². The van der Waals surface area contributed by atoms with E-state index in [1.807, 2.05) is 6.07 Å². The minimum absolute atomic E-state index is 0.0148. The number of nitrogens with zero attached hydrogens (tertiary/aromatic N) is 1. The molecule has 1 aromatic carbocycles. The zero-order valence-corrected chi connectivity index (χ0v) is 8.30. The van der Waals surface area contributed by atoms with E-state index in [1.165, 1.54) is 25.2 Å². The zero-order valence-electron chi connectivity index (χ0n) is 7.48. The molecular formula is C8H9N3O2S. The van der Waals surface area contributed by atoms with Crippen LogP contribution in [0.15, 0.2) is 23.1 Å². The van der Waals surface area contributed by atoms with E-state index in [-0.39, 0.29) is 10.6 Å². The van der Waals surface area contributed by atoms with Crippen LogP contribution in [-0.4, -0.2) is 15.5 Å². The van der Waals surface area contributed by atoms with Gasteiger partial charge in [0.25, 0.3) is 0 Å². The summed E-state index contributed by atoms with van der Waals surface area (Å²) in [6.45, 7) is 0. The Kier molecular flexibility index (Phi) is 2.74. The van der Waals surface area contributed by atoms with Gasteiger partial charge in [0.15, 0.2) is 0 Å². The quantitative estimate of drug-likeness (QED) is 0.675. The highest BCUT2D eigenvalue weighted by Crippen LogP contribution is 2.18. The van der Waals surface area contributed by atoms with Crippen LogP contribution in [0.5, 0.6) is 0 Å². The molecule has 0 amide bonds. The van der Waals surface area contributed by atoms with Crippen LogP contribution in [0.1, 0.15) is 5.56 Å². The lowest BCUT2D eigenvalue weighted by molar-refractivity contribution is 0.588. The van der Waals surface area contributed by atoms with E-state index in [9.17, 15) is 8.42 Å². The monoisotopic (exact) mass is 211 g/mol. The smallest absolute Gasteiger partial charge is 0.242 e. The minimum atomic E-state index is -3.54. The fourth-order valence-corrected chi connectivity index (χ4v) is 1.81. The van der Waals surface area contributed by atoms with Gasteiger partial charge in [-0.2, -0.15) is 5.26 Å². The van der Waals surface area contributed by atoms with Crippen LogP contribution in [-0.2, 0) is 10.0 Å². The van der Waals surface area contributed by atoms with Gasteiger partial charge >= 0.3 is 0 Å². The molecule has 0 saturated heterocycles. The summed E-state index contributed by atoms with van der Waals surface area (Å²) in [5.41, 5.74) is 5.89. The van der Waals surface area contributed by atoms with E-state index in [0.717, 1.165) is 0 Å². The predicted molar refractivity (Wildman–Crippen MR) is 51.8 cm³/mol. The van der Waals surface area contributed by atoms with Crippen molar-refractivity contribution in [3.63, 3.8) is 0 Å². The number of nitrogen functional groups attached to an aromatic ring is 1. The number of nitriles is 1. The van der Waals surface area contributed by atoms with E-state index in [4.69, 9.17) is 11.0 Å². The van der Waals surface area contributed by atoms with Gasteiger partial charge in [-0.1, -0.05) is 0 Å². The molecule has 0 aliphatic rings. The maximum absolute atomic E-state index is 11.3. The Labute approximate surface area is 82.2 Å². The Balaban J connectivity index is 3.35. The molecule has 5 nitrogen and oxygen atoms in total. The van der Waals surface area contributed by atoms with Crippen molar-refractivity contribution in [3.8, 4) is 6.07 Å². The number of nitrogens with one attached hydrogen (secondary N) is 1. The van der Waals surface area contributed by atoms with Gasteiger partial charge in [0, 0.05) is 0 Å². The van der Waals surface area contributed by atoms with Crippen molar-refractivity contribution in [1.29, 1.82) is 5.26 Å². The number of hydrogen-bond acceptors (Lipinski definition) is 4. The Morgan fingerprint density at radius 2 is 2.14 bits per heavy atom. The van der Waals surface area contributed by atoms with Crippen molar-refractivity contribution in [1.82, 2.24) is 4.72 Å². The fraction of sp³-hybridized carbons (Fsp3) is 0.125. The number of nitrogens with two attached hydrogens (primary N) is 1. The molecule has 0 heterocycles. The summed E-state index contributed by atoms with van der Waals surface area (Å²) in [6, 6.07) is 5.90. The molecule has 0 radical (unpaired) electrons. The molecule has 0 aliphatic carbocycles. The maximum atomic E-state index is 11.3. The molecule has 0 saturated carbocycles. The second-order valence-corrected chi connectivity index (χ2v) is 4.43. The van der Waals surface area contributed by atoms with Crippen LogP contribution >= 0.6 is 0 Å². The molecule has 0 unspecified atom stereocenters. The van der Waals surface area contributed by atoms with E-state index in [0.29, 0.717) is 5.56 Å². The molecule has 6 heteroatoms. The first-order valence-corrected chi connectivity index (χ1v) is 5.23. The summed E-state index contributed by atoms with van der Waals surface area (Å²) in [6.07, 6.45) is 0. The SMILES string of the molecule is CNS(=O)(=O)c1ccc(C#N)cc1N. The van der Waals surface area contributed by atoms with Crippen LogP contribution in [0.4, 0.5) is 5.69 Å². The lowest BCUT2D eigenvalue weighted by Crippen LogP contribution is -2.19. The van der Waals surface area contributed by atoms with Gasteiger partial charge < -0.3 is 5.73 Å². The van der Waals surface area contributed by atoms with Crippen LogP contribution in [0.2, 0.25) is 0 Å². The fourth-order valence-electron chi connectivity index (χ4n) is 0.973. The van der Waals surface area contributed by atoms with Crippen molar-refractivity contribution >= 4 is 15.7 Å². The minimum Gasteiger partial charge on any atom is -0.398 e. The average molecular weight is 211 g/mol. The van der Waals surface area contributed by atoms with Crippen LogP contribution < -0.4 is 10.5 Å². The van der Waals surface area contributed by atoms with Gasteiger partial charge in [-0.15, -0.1) is 0 Å².